The zero-order valence-corrected chi connectivity index (χ0v) is 26.3. The van der Waals surface area contributed by atoms with E-state index in [2.05, 4.69) is 0 Å². The summed E-state index contributed by atoms with van der Waals surface area (Å²) in [6.07, 6.45) is 0. The van der Waals surface area contributed by atoms with Crippen molar-refractivity contribution in [3.63, 3.8) is 0 Å². The second-order valence-corrected chi connectivity index (χ2v) is 13.5. The number of carbonyl (C=O) groups is 4. The van der Waals surface area contributed by atoms with Crippen molar-refractivity contribution in [2.75, 3.05) is 0 Å². The molecule has 0 bridgehead atoms. The average Bonchev–Trinajstić information content (AvgIpc) is 2.57. The van der Waals surface area contributed by atoms with Gasteiger partial charge in [-0.3, -0.25) is 0 Å². The van der Waals surface area contributed by atoms with Crippen LogP contribution in [0, 0.1) is 0 Å². The molecular weight excluding hydrogens is 488 g/mol. The Morgan fingerprint density at radius 3 is 0.632 bits per heavy atom. The molecular formula is C30H48O8. The van der Waals surface area contributed by atoms with Gasteiger partial charge < -0.3 is 18.9 Å². The third kappa shape index (κ3) is 12.1. The zero-order valence-electron chi connectivity index (χ0n) is 26.3. The Labute approximate surface area is 228 Å². The lowest BCUT2D eigenvalue weighted by atomic mass is 9.89. The minimum atomic E-state index is -0.987. The number of rotatable bonds is 6. The maximum Gasteiger partial charge on any atom is 0.340 e. The fourth-order valence-corrected chi connectivity index (χ4v) is 3.09. The minimum Gasteiger partial charge on any atom is -0.456 e. The topological polar surface area (TPSA) is 105 Å². The predicted molar refractivity (Wildman–Crippen MR) is 147 cm³/mol. The molecule has 0 saturated carbocycles. The summed E-state index contributed by atoms with van der Waals surface area (Å²) in [4.78, 5) is 54.7. The van der Waals surface area contributed by atoms with Gasteiger partial charge in [-0.15, -0.1) is 0 Å². The van der Waals surface area contributed by atoms with Gasteiger partial charge in [0, 0.05) is 0 Å². The minimum absolute atomic E-state index is 0.197. The Hall–Kier alpha value is -2.90. The predicted octanol–water partition coefficient (Wildman–Crippen LogP) is 6.32. The van der Waals surface area contributed by atoms with Crippen LogP contribution in [-0.2, 0) is 38.1 Å². The third-order valence-corrected chi connectivity index (χ3v) is 4.16. The molecule has 0 fully saturated rings. The molecule has 0 aliphatic rings. The Morgan fingerprint density at radius 1 is 0.342 bits per heavy atom. The summed E-state index contributed by atoms with van der Waals surface area (Å²) in [5, 5.41) is 0. The average molecular weight is 537 g/mol. The maximum atomic E-state index is 13.8. The number of ether oxygens (including phenoxy) is 4. The number of hydrogen-bond acceptors (Lipinski definition) is 8. The Bertz CT molecular complexity index is 948. The molecule has 0 spiro atoms. The molecule has 0 radical (unpaired) electrons. The summed E-state index contributed by atoms with van der Waals surface area (Å²) in [5.41, 5.74) is -4.29. The molecule has 0 rings (SSSR count). The lowest BCUT2D eigenvalue weighted by molar-refractivity contribution is -0.156. The molecule has 0 heterocycles. The molecule has 0 N–H and O–H groups in total. The van der Waals surface area contributed by atoms with Crippen LogP contribution in [-0.4, -0.2) is 46.3 Å². The van der Waals surface area contributed by atoms with Gasteiger partial charge in [-0.25, -0.2) is 19.2 Å². The highest BCUT2D eigenvalue weighted by molar-refractivity contribution is 6.18. The van der Waals surface area contributed by atoms with Crippen LogP contribution in [0.5, 0.6) is 0 Å². The van der Waals surface area contributed by atoms with Gasteiger partial charge in [-0.05, 0) is 111 Å². The first-order chi connectivity index (χ1) is 16.7. The molecule has 0 unspecified atom stereocenters. The van der Waals surface area contributed by atoms with Crippen molar-refractivity contribution in [2.24, 2.45) is 0 Å². The first-order valence-electron chi connectivity index (χ1n) is 12.7. The van der Waals surface area contributed by atoms with E-state index in [9.17, 15) is 19.2 Å². The van der Waals surface area contributed by atoms with Gasteiger partial charge in [-0.1, -0.05) is 11.1 Å². The van der Waals surface area contributed by atoms with Crippen molar-refractivity contribution in [1.29, 1.82) is 0 Å². The van der Waals surface area contributed by atoms with Crippen LogP contribution in [0.1, 0.15) is 111 Å². The molecule has 0 aromatic heterocycles. The first kappa shape index (κ1) is 35.1. The van der Waals surface area contributed by atoms with Gasteiger partial charge in [0.1, 0.15) is 22.4 Å². The standard InChI is InChI=1S/C30H48O8/c1-17(2)19(23(31)35-27(5,6)7)21(25(33)37-29(11,12)13)22(26(34)38-30(14,15)16)20(18(3)4)24(32)36-28(8,9)10/h1-16H3/b22-21-. The van der Waals surface area contributed by atoms with Crippen LogP contribution in [0.25, 0.3) is 0 Å². The Balaban J connectivity index is 8.05. The summed E-state index contributed by atoms with van der Waals surface area (Å²) >= 11 is 0. The van der Waals surface area contributed by atoms with Gasteiger partial charge >= 0.3 is 23.9 Å². The fraction of sp³-hybridized carbons (Fsp3) is 0.667. The SMILES string of the molecule is CC(C)=C(C(=O)OC(C)(C)C)/C(C(=O)OC(C)(C)C)=C(/C(=O)OC(C)(C)C)C(C(=O)OC(C)(C)C)=C(C)C. The molecule has 8 nitrogen and oxygen atoms in total. The van der Waals surface area contributed by atoms with Gasteiger partial charge in [-0.2, -0.15) is 0 Å². The molecule has 38 heavy (non-hydrogen) atoms. The smallest absolute Gasteiger partial charge is 0.340 e. The van der Waals surface area contributed by atoms with Crippen LogP contribution in [0.4, 0.5) is 0 Å². The largest absolute Gasteiger partial charge is 0.456 e. The van der Waals surface area contributed by atoms with E-state index in [1.54, 1.807) is 111 Å². The first-order valence-corrected chi connectivity index (χ1v) is 12.7. The van der Waals surface area contributed by atoms with Crippen molar-refractivity contribution in [3.8, 4) is 0 Å². The van der Waals surface area contributed by atoms with E-state index in [-0.39, 0.29) is 11.1 Å². The summed E-state index contributed by atoms with van der Waals surface area (Å²) in [6, 6.07) is 0. The van der Waals surface area contributed by atoms with E-state index in [4.69, 9.17) is 18.9 Å². The summed E-state index contributed by atoms with van der Waals surface area (Å²) in [5.74, 6) is -3.67. The Kier molecular flexibility index (Phi) is 11.4. The normalized spacial score (nSPS) is 13.1. The van der Waals surface area contributed by atoms with Crippen molar-refractivity contribution < 1.29 is 38.1 Å². The third-order valence-electron chi connectivity index (χ3n) is 4.16. The molecule has 0 aromatic rings. The van der Waals surface area contributed by atoms with E-state index in [1.165, 1.54) is 0 Å². The van der Waals surface area contributed by atoms with Crippen LogP contribution in [0.3, 0.4) is 0 Å². The van der Waals surface area contributed by atoms with Crippen LogP contribution < -0.4 is 0 Å². The quantitative estimate of drug-likeness (QED) is 0.168. The second kappa shape index (κ2) is 12.3. The summed E-state index contributed by atoms with van der Waals surface area (Å²) < 4.78 is 22.5. The van der Waals surface area contributed by atoms with Gasteiger partial charge in [0.15, 0.2) is 0 Å². The lowest BCUT2D eigenvalue weighted by Crippen LogP contribution is -2.35. The van der Waals surface area contributed by atoms with Gasteiger partial charge in [0.2, 0.25) is 0 Å². The highest BCUT2D eigenvalue weighted by atomic mass is 16.6. The summed E-state index contributed by atoms with van der Waals surface area (Å²) in [7, 11) is 0. The monoisotopic (exact) mass is 536 g/mol. The Morgan fingerprint density at radius 2 is 0.500 bits per heavy atom. The second-order valence-electron chi connectivity index (χ2n) is 13.5. The van der Waals surface area contributed by atoms with E-state index in [0.29, 0.717) is 11.1 Å². The van der Waals surface area contributed by atoms with Crippen LogP contribution in [0.2, 0.25) is 0 Å². The molecule has 0 aliphatic carbocycles. The fourth-order valence-electron chi connectivity index (χ4n) is 3.09. The number of hydrogen-bond donors (Lipinski definition) is 0. The van der Waals surface area contributed by atoms with Crippen molar-refractivity contribution in [3.05, 3.63) is 33.4 Å². The number of carbonyl (C=O) groups excluding carboxylic acids is 4. The van der Waals surface area contributed by atoms with E-state index >= 15 is 0 Å². The molecule has 0 amide bonds. The highest BCUT2D eigenvalue weighted by Gasteiger charge is 2.40. The van der Waals surface area contributed by atoms with Crippen molar-refractivity contribution in [1.82, 2.24) is 0 Å². The maximum absolute atomic E-state index is 13.8. The lowest BCUT2D eigenvalue weighted by Gasteiger charge is -2.28. The van der Waals surface area contributed by atoms with Gasteiger partial charge in [0.05, 0.1) is 22.3 Å². The zero-order chi connectivity index (χ0) is 30.6. The summed E-state index contributed by atoms with van der Waals surface area (Å²) in [6.45, 7) is 26.4. The van der Waals surface area contributed by atoms with E-state index in [1.807, 2.05) is 0 Å². The van der Waals surface area contributed by atoms with Crippen LogP contribution in [0.15, 0.2) is 33.4 Å². The molecule has 0 saturated heterocycles. The number of allylic oxidation sites excluding steroid dienone is 2. The van der Waals surface area contributed by atoms with Crippen LogP contribution >= 0.6 is 0 Å². The molecule has 8 heteroatoms. The van der Waals surface area contributed by atoms with Crippen molar-refractivity contribution >= 4 is 23.9 Å². The molecule has 0 aliphatic heterocycles. The highest BCUT2D eigenvalue weighted by Crippen LogP contribution is 2.33. The molecule has 0 atom stereocenters. The molecule has 0 aromatic carbocycles. The van der Waals surface area contributed by atoms with E-state index < -0.39 is 57.4 Å². The van der Waals surface area contributed by atoms with E-state index in [0.717, 1.165) is 0 Å². The molecule has 216 valence electrons. The van der Waals surface area contributed by atoms with Gasteiger partial charge in [0.25, 0.3) is 0 Å². The van der Waals surface area contributed by atoms with Crippen molar-refractivity contribution in [2.45, 2.75) is 133 Å². The number of esters is 4.